The first-order chi connectivity index (χ1) is 16.4. The number of nitrogens with zero attached hydrogens (tertiary/aromatic N) is 4. The number of aromatic nitrogens is 1. The summed E-state index contributed by atoms with van der Waals surface area (Å²) in [4.78, 5) is 23.2. The average Bonchev–Trinajstić information content (AvgIpc) is 2.85. The highest BCUT2D eigenvalue weighted by molar-refractivity contribution is 5.78. The number of alkyl halides is 3. The molecule has 4 rings (SSSR count). The predicted octanol–water partition coefficient (Wildman–Crippen LogP) is 4.45. The Balaban J connectivity index is 1.35. The maximum absolute atomic E-state index is 13.3. The zero-order valence-corrected chi connectivity index (χ0v) is 18.8. The van der Waals surface area contributed by atoms with Crippen molar-refractivity contribution in [3.63, 3.8) is 0 Å². The molecule has 2 aromatic carbocycles. The van der Waals surface area contributed by atoms with Gasteiger partial charge in [-0.15, -0.1) is 0 Å². The summed E-state index contributed by atoms with van der Waals surface area (Å²) in [6, 6.07) is 22.3. The number of amides is 1. The molecular formula is C26H27F3N4O. The molecule has 8 heteroatoms. The molecule has 34 heavy (non-hydrogen) atoms. The fourth-order valence-electron chi connectivity index (χ4n) is 4.01. The number of hydrogen-bond acceptors (Lipinski definition) is 4. The molecule has 2 heterocycles. The SMILES string of the molecule is O=C(CN1CCN(c2ccc(C(F)(F)F)cn2)CC1)N(Cc1ccccc1)Cc1ccccc1. The Morgan fingerprint density at radius 3 is 1.85 bits per heavy atom. The zero-order chi connectivity index (χ0) is 24.0. The van der Waals surface area contributed by atoms with Gasteiger partial charge in [0.25, 0.3) is 0 Å². The van der Waals surface area contributed by atoms with Crippen LogP contribution in [0.1, 0.15) is 16.7 Å². The van der Waals surface area contributed by atoms with E-state index in [0.29, 0.717) is 51.6 Å². The van der Waals surface area contributed by atoms with Crippen molar-refractivity contribution in [1.82, 2.24) is 14.8 Å². The fraction of sp³-hybridized carbons (Fsp3) is 0.308. The molecule has 0 atom stereocenters. The Morgan fingerprint density at radius 2 is 1.38 bits per heavy atom. The summed E-state index contributed by atoms with van der Waals surface area (Å²) >= 11 is 0. The van der Waals surface area contributed by atoms with E-state index >= 15 is 0 Å². The third-order valence-corrected chi connectivity index (χ3v) is 5.92. The van der Waals surface area contributed by atoms with Crippen LogP contribution in [0.3, 0.4) is 0 Å². The second kappa shape index (κ2) is 10.7. The number of rotatable bonds is 7. The molecule has 1 aliphatic heterocycles. The van der Waals surface area contributed by atoms with E-state index in [-0.39, 0.29) is 5.91 Å². The number of pyridine rings is 1. The first-order valence-corrected chi connectivity index (χ1v) is 11.2. The van der Waals surface area contributed by atoms with Crippen LogP contribution in [0.4, 0.5) is 19.0 Å². The summed E-state index contributed by atoms with van der Waals surface area (Å²) in [5.74, 6) is 0.572. The van der Waals surface area contributed by atoms with E-state index < -0.39 is 11.7 Å². The number of benzene rings is 2. The van der Waals surface area contributed by atoms with Crippen molar-refractivity contribution in [3.05, 3.63) is 95.7 Å². The number of carbonyl (C=O) groups is 1. The molecule has 3 aromatic rings. The van der Waals surface area contributed by atoms with Gasteiger partial charge in [0.05, 0.1) is 12.1 Å². The summed E-state index contributed by atoms with van der Waals surface area (Å²) in [5, 5.41) is 0. The summed E-state index contributed by atoms with van der Waals surface area (Å²) in [5.41, 5.74) is 1.40. The minimum atomic E-state index is -4.39. The number of halogens is 3. The van der Waals surface area contributed by atoms with Crippen molar-refractivity contribution in [1.29, 1.82) is 0 Å². The van der Waals surface area contributed by atoms with Gasteiger partial charge in [0.1, 0.15) is 5.82 Å². The summed E-state index contributed by atoms with van der Waals surface area (Å²) in [7, 11) is 0. The summed E-state index contributed by atoms with van der Waals surface area (Å²) < 4.78 is 38.3. The van der Waals surface area contributed by atoms with Crippen molar-refractivity contribution in [3.8, 4) is 0 Å². The van der Waals surface area contributed by atoms with E-state index in [2.05, 4.69) is 9.88 Å². The predicted molar refractivity (Wildman–Crippen MR) is 125 cm³/mol. The molecule has 1 aliphatic rings. The molecule has 0 bridgehead atoms. The van der Waals surface area contributed by atoms with Crippen LogP contribution >= 0.6 is 0 Å². The lowest BCUT2D eigenvalue weighted by Gasteiger charge is -2.36. The minimum Gasteiger partial charge on any atom is -0.354 e. The van der Waals surface area contributed by atoms with Crippen LogP contribution in [0, 0.1) is 0 Å². The van der Waals surface area contributed by atoms with E-state index in [1.54, 1.807) is 0 Å². The third-order valence-electron chi connectivity index (χ3n) is 5.92. The van der Waals surface area contributed by atoms with Crippen molar-refractivity contribution in [2.75, 3.05) is 37.6 Å². The maximum atomic E-state index is 13.3. The lowest BCUT2D eigenvalue weighted by molar-refractivity contribution is -0.137. The van der Waals surface area contributed by atoms with E-state index in [9.17, 15) is 18.0 Å². The largest absolute Gasteiger partial charge is 0.417 e. The molecule has 1 aromatic heterocycles. The van der Waals surface area contributed by atoms with Crippen LogP contribution in [0.5, 0.6) is 0 Å². The lowest BCUT2D eigenvalue weighted by Crippen LogP contribution is -2.50. The second-order valence-electron chi connectivity index (χ2n) is 8.39. The van der Waals surface area contributed by atoms with Gasteiger partial charge in [0.2, 0.25) is 5.91 Å². The quantitative estimate of drug-likeness (QED) is 0.514. The van der Waals surface area contributed by atoms with Crippen molar-refractivity contribution in [2.45, 2.75) is 19.3 Å². The van der Waals surface area contributed by atoms with Crippen LogP contribution in [0.2, 0.25) is 0 Å². The fourth-order valence-corrected chi connectivity index (χ4v) is 4.01. The molecule has 0 spiro atoms. The molecule has 178 valence electrons. The maximum Gasteiger partial charge on any atom is 0.417 e. The van der Waals surface area contributed by atoms with Gasteiger partial charge in [-0.3, -0.25) is 9.69 Å². The monoisotopic (exact) mass is 468 g/mol. The molecule has 1 fully saturated rings. The van der Waals surface area contributed by atoms with E-state index in [1.807, 2.05) is 70.5 Å². The lowest BCUT2D eigenvalue weighted by atomic mass is 10.1. The number of carbonyl (C=O) groups excluding carboxylic acids is 1. The van der Waals surface area contributed by atoms with Crippen LogP contribution in [-0.4, -0.2) is 53.4 Å². The van der Waals surface area contributed by atoms with Crippen LogP contribution in [0.25, 0.3) is 0 Å². The van der Waals surface area contributed by atoms with Crippen molar-refractivity contribution >= 4 is 11.7 Å². The highest BCUT2D eigenvalue weighted by Gasteiger charge is 2.31. The van der Waals surface area contributed by atoms with Gasteiger partial charge in [-0.1, -0.05) is 60.7 Å². The highest BCUT2D eigenvalue weighted by Crippen LogP contribution is 2.29. The third kappa shape index (κ3) is 6.35. The van der Waals surface area contributed by atoms with Gasteiger partial charge in [-0.05, 0) is 23.3 Å². The molecule has 5 nitrogen and oxygen atoms in total. The normalized spacial score (nSPS) is 14.7. The van der Waals surface area contributed by atoms with Crippen LogP contribution < -0.4 is 4.90 Å². The molecule has 0 aliphatic carbocycles. The van der Waals surface area contributed by atoms with Gasteiger partial charge >= 0.3 is 6.18 Å². The highest BCUT2D eigenvalue weighted by atomic mass is 19.4. The first kappa shape index (κ1) is 23.8. The van der Waals surface area contributed by atoms with Crippen LogP contribution in [-0.2, 0) is 24.1 Å². The Bertz CT molecular complexity index is 1010. The van der Waals surface area contributed by atoms with Gasteiger partial charge in [-0.2, -0.15) is 13.2 Å². The molecule has 0 unspecified atom stereocenters. The minimum absolute atomic E-state index is 0.0498. The Kier molecular flexibility index (Phi) is 7.47. The Hall–Kier alpha value is -3.39. The van der Waals surface area contributed by atoms with Gasteiger partial charge in [0, 0.05) is 45.5 Å². The Labute approximate surface area is 197 Å². The smallest absolute Gasteiger partial charge is 0.354 e. The van der Waals surface area contributed by atoms with E-state index in [0.717, 1.165) is 23.4 Å². The van der Waals surface area contributed by atoms with Gasteiger partial charge < -0.3 is 9.80 Å². The molecular weight excluding hydrogens is 441 g/mol. The van der Waals surface area contributed by atoms with Crippen LogP contribution in [0.15, 0.2) is 79.0 Å². The number of hydrogen-bond donors (Lipinski definition) is 0. The molecule has 0 N–H and O–H groups in total. The zero-order valence-electron chi connectivity index (χ0n) is 18.8. The molecule has 0 radical (unpaired) electrons. The molecule has 1 saturated heterocycles. The van der Waals surface area contributed by atoms with Crippen molar-refractivity contribution < 1.29 is 18.0 Å². The standard InChI is InChI=1S/C26H27F3N4O/c27-26(28,29)23-11-12-24(30-17-23)32-15-13-31(14-16-32)20-25(34)33(18-21-7-3-1-4-8-21)19-22-9-5-2-6-10-22/h1-12,17H,13-16,18-20H2. The number of piperazine rings is 1. The first-order valence-electron chi connectivity index (χ1n) is 11.2. The van der Waals surface area contributed by atoms with E-state index in [1.165, 1.54) is 6.07 Å². The molecule has 0 saturated carbocycles. The average molecular weight is 469 g/mol. The summed E-state index contributed by atoms with van der Waals surface area (Å²) in [6.45, 7) is 3.84. The van der Waals surface area contributed by atoms with E-state index in [4.69, 9.17) is 0 Å². The molecule has 1 amide bonds. The van der Waals surface area contributed by atoms with Gasteiger partial charge in [0.15, 0.2) is 0 Å². The Morgan fingerprint density at radius 1 is 0.824 bits per heavy atom. The summed E-state index contributed by atoms with van der Waals surface area (Å²) in [6.07, 6.45) is -3.52. The second-order valence-corrected chi connectivity index (χ2v) is 8.39. The van der Waals surface area contributed by atoms with Crippen molar-refractivity contribution in [2.24, 2.45) is 0 Å². The topological polar surface area (TPSA) is 39.7 Å². The van der Waals surface area contributed by atoms with Gasteiger partial charge in [-0.25, -0.2) is 4.98 Å². The number of anilines is 1.